The summed E-state index contributed by atoms with van der Waals surface area (Å²) in [6, 6.07) is 16.7. The highest BCUT2D eigenvalue weighted by Gasteiger charge is 2.26. The van der Waals surface area contributed by atoms with E-state index in [-0.39, 0.29) is 19.0 Å². The molecular weight excluding hydrogens is 388 g/mol. The highest BCUT2D eigenvalue weighted by atomic mass is 32.2. The van der Waals surface area contributed by atoms with E-state index in [2.05, 4.69) is 0 Å². The van der Waals surface area contributed by atoms with E-state index in [1.54, 1.807) is 24.2 Å². The Bertz CT molecular complexity index is 975. The lowest BCUT2D eigenvalue weighted by Crippen LogP contribution is -2.49. The molecule has 0 unspecified atom stereocenters. The van der Waals surface area contributed by atoms with Gasteiger partial charge in [-0.1, -0.05) is 42.5 Å². The second-order valence-electron chi connectivity index (χ2n) is 6.59. The van der Waals surface area contributed by atoms with E-state index in [1.807, 2.05) is 54.6 Å². The maximum Gasteiger partial charge on any atom is 0.246 e. The fraction of sp³-hybridized carbons (Fsp3) is 0.227. The topological polar surface area (TPSA) is 66.9 Å². The zero-order valence-corrected chi connectivity index (χ0v) is 17.1. The molecule has 29 heavy (non-hydrogen) atoms. The molecule has 152 valence electrons. The first-order valence-corrected chi connectivity index (χ1v) is 10.8. The molecule has 2 aromatic rings. The van der Waals surface area contributed by atoms with Gasteiger partial charge >= 0.3 is 0 Å². The molecule has 0 radical (unpaired) electrons. The standard InChI is InChI=1S/C22H24N2O4S/c1-28-21-10-7-20(8-11-21)9-12-22(25)23-14-16-24(17-15-23)29(26,27)18-13-19-5-3-2-4-6-19/h2-13,18H,14-17H2,1H3. The summed E-state index contributed by atoms with van der Waals surface area (Å²) in [5, 5.41) is 1.23. The summed E-state index contributed by atoms with van der Waals surface area (Å²) in [6.07, 6.45) is 4.85. The molecular formula is C22H24N2O4S. The number of methoxy groups -OCH3 is 1. The minimum atomic E-state index is -3.51. The van der Waals surface area contributed by atoms with Crippen molar-refractivity contribution in [1.82, 2.24) is 9.21 Å². The minimum Gasteiger partial charge on any atom is -0.497 e. The van der Waals surface area contributed by atoms with E-state index in [4.69, 9.17) is 4.74 Å². The first-order valence-electron chi connectivity index (χ1n) is 9.32. The van der Waals surface area contributed by atoms with Gasteiger partial charge in [-0.05, 0) is 35.4 Å². The Labute approximate surface area is 171 Å². The molecule has 1 aliphatic rings. The summed E-state index contributed by atoms with van der Waals surface area (Å²) in [5.74, 6) is 0.629. The number of benzene rings is 2. The van der Waals surface area contributed by atoms with Crippen molar-refractivity contribution in [2.45, 2.75) is 0 Å². The number of hydrogen-bond donors (Lipinski definition) is 0. The van der Waals surface area contributed by atoms with E-state index >= 15 is 0 Å². The van der Waals surface area contributed by atoms with Crippen molar-refractivity contribution in [3.8, 4) is 5.75 Å². The lowest BCUT2D eigenvalue weighted by molar-refractivity contribution is -0.127. The molecule has 0 aromatic heterocycles. The molecule has 7 heteroatoms. The van der Waals surface area contributed by atoms with Crippen molar-refractivity contribution in [2.24, 2.45) is 0 Å². The molecule has 1 saturated heterocycles. The average Bonchev–Trinajstić information content (AvgIpc) is 2.77. The van der Waals surface area contributed by atoms with Gasteiger partial charge in [0.1, 0.15) is 5.75 Å². The third kappa shape index (κ3) is 5.79. The summed E-state index contributed by atoms with van der Waals surface area (Å²) in [4.78, 5) is 14.1. The van der Waals surface area contributed by atoms with Crippen molar-refractivity contribution in [2.75, 3.05) is 33.3 Å². The maximum absolute atomic E-state index is 12.5. The number of carbonyl (C=O) groups is 1. The van der Waals surface area contributed by atoms with Crippen molar-refractivity contribution in [1.29, 1.82) is 0 Å². The normalized spacial score (nSPS) is 15.8. The predicted molar refractivity (Wildman–Crippen MR) is 115 cm³/mol. The third-order valence-electron chi connectivity index (χ3n) is 4.68. The molecule has 1 heterocycles. The minimum absolute atomic E-state index is 0.127. The fourth-order valence-corrected chi connectivity index (χ4v) is 4.14. The Hall–Kier alpha value is -2.90. The largest absolute Gasteiger partial charge is 0.497 e. The zero-order chi connectivity index (χ0) is 20.7. The van der Waals surface area contributed by atoms with Gasteiger partial charge in [-0.3, -0.25) is 4.79 Å². The number of hydrogen-bond acceptors (Lipinski definition) is 4. The van der Waals surface area contributed by atoms with Crippen molar-refractivity contribution in [3.63, 3.8) is 0 Å². The second kappa shape index (κ2) is 9.54. The van der Waals surface area contributed by atoms with Gasteiger partial charge in [0, 0.05) is 37.7 Å². The number of amides is 1. The maximum atomic E-state index is 12.5. The summed E-state index contributed by atoms with van der Waals surface area (Å²) in [6.45, 7) is 1.29. The molecule has 6 nitrogen and oxygen atoms in total. The molecule has 1 aliphatic heterocycles. The van der Waals surface area contributed by atoms with E-state index in [0.29, 0.717) is 13.1 Å². The van der Waals surface area contributed by atoms with Crippen LogP contribution >= 0.6 is 0 Å². The number of piperazine rings is 1. The van der Waals surface area contributed by atoms with Crippen LogP contribution in [0.15, 0.2) is 66.1 Å². The number of carbonyl (C=O) groups excluding carboxylic acids is 1. The van der Waals surface area contributed by atoms with Gasteiger partial charge in [0.15, 0.2) is 0 Å². The van der Waals surface area contributed by atoms with Crippen LogP contribution in [-0.2, 0) is 14.8 Å². The molecule has 0 bridgehead atoms. The molecule has 1 amide bonds. The van der Waals surface area contributed by atoms with Gasteiger partial charge in [0.25, 0.3) is 0 Å². The van der Waals surface area contributed by atoms with Gasteiger partial charge in [0.2, 0.25) is 15.9 Å². The van der Waals surface area contributed by atoms with E-state index in [1.165, 1.54) is 15.8 Å². The van der Waals surface area contributed by atoms with E-state index in [9.17, 15) is 13.2 Å². The van der Waals surface area contributed by atoms with Gasteiger partial charge < -0.3 is 9.64 Å². The van der Waals surface area contributed by atoms with Crippen LogP contribution in [0.25, 0.3) is 12.2 Å². The molecule has 0 N–H and O–H groups in total. The number of ether oxygens (including phenoxy) is 1. The summed E-state index contributed by atoms with van der Waals surface area (Å²) in [7, 11) is -1.90. The van der Waals surface area contributed by atoms with Crippen LogP contribution in [0.3, 0.4) is 0 Å². The highest BCUT2D eigenvalue weighted by Crippen LogP contribution is 2.14. The average molecular weight is 413 g/mol. The Kier molecular flexibility index (Phi) is 6.85. The lowest BCUT2D eigenvalue weighted by atomic mass is 10.2. The van der Waals surface area contributed by atoms with Crippen LogP contribution in [-0.4, -0.2) is 56.8 Å². The third-order valence-corrected chi connectivity index (χ3v) is 6.24. The highest BCUT2D eigenvalue weighted by molar-refractivity contribution is 7.92. The predicted octanol–water partition coefficient (Wildman–Crippen LogP) is 2.85. The number of sulfonamides is 1. The molecule has 0 saturated carbocycles. The van der Waals surface area contributed by atoms with Crippen LogP contribution in [0.5, 0.6) is 5.75 Å². The first-order chi connectivity index (χ1) is 14.0. The second-order valence-corrected chi connectivity index (χ2v) is 8.41. The van der Waals surface area contributed by atoms with Crippen molar-refractivity contribution >= 4 is 28.1 Å². The molecule has 3 rings (SSSR count). The van der Waals surface area contributed by atoms with Gasteiger partial charge in [-0.15, -0.1) is 0 Å². The van der Waals surface area contributed by atoms with Crippen molar-refractivity contribution in [3.05, 3.63) is 77.2 Å². The van der Waals surface area contributed by atoms with Crippen LogP contribution in [0.1, 0.15) is 11.1 Å². The smallest absolute Gasteiger partial charge is 0.246 e. The molecule has 2 aromatic carbocycles. The molecule has 0 spiro atoms. The van der Waals surface area contributed by atoms with Gasteiger partial charge in [0.05, 0.1) is 7.11 Å². The fourth-order valence-electron chi connectivity index (χ4n) is 2.97. The molecule has 0 aliphatic carbocycles. The monoisotopic (exact) mass is 412 g/mol. The van der Waals surface area contributed by atoms with Crippen LogP contribution in [0, 0.1) is 0 Å². The number of nitrogens with zero attached hydrogens (tertiary/aromatic N) is 2. The van der Waals surface area contributed by atoms with Crippen LogP contribution in [0.2, 0.25) is 0 Å². The van der Waals surface area contributed by atoms with Gasteiger partial charge in [-0.2, -0.15) is 4.31 Å². The van der Waals surface area contributed by atoms with E-state index < -0.39 is 10.0 Å². The summed E-state index contributed by atoms with van der Waals surface area (Å²) >= 11 is 0. The molecule has 0 atom stereocenters. The van der Waals surface area contributed by atoms with Crippen molar-refractivity contribution < 1.29 is 17.9 Å². The summed E-state index contributed by atoms with van der Waals surface area (Å²) in [5.41, 5.74) is 1.72. The molecule has 1 fully saturated rings. The van der Waals surface area contributed by atoms with Crippen LogP contribution < -0.4 is 4.74 Å². The van der Waals surface area contributed by atoms with Gasteiger partial charge in [-0.25, -0.2) is 8.42 Å². The quantitative estimate of drug-likeness (QED) is 0.685. The zero-order valence-electron chi connectivity index (χ0n) is 16.3. The lowest BCUT2D eigenvalue weighted by Gasteiger charge is -2.32. The first kappa shape index (κ1) is 20.8. The number of rotatable bonds is 6. The van der Waals surface area contributed by atoms with Crippen LogP contribution in [0.4, 0.5) is 0 Å². The Morgan fingerprint density at radius 2 is 1.52 bits per heavy atom. The Balaban J connectivity index is 1.54. The Morgan fingerprint density at radius 1 is 0.897 bits per heavy atom. The van der Waals surface area contributed by atoms with E-state index in [0.717, 1.165) is 16.9 Å². The Morgan fingerprint density at radius 3 is 2.14 bits per heavy atom. The SMILES string of the molecule is COc1ccc(C=CC(=O)N2CCN(S(=O)(=O)C=Cc3ccccc3)CC2)cc1. The summed E-state index contributed by atoms with van der Waals surface area (Å²) < 4.78 is 31.5.